The van der Waals surface area contributed by atoms with Crippen LogP contribution in [0.25, 0.3) is 5.57 Å². The van der Waals surface area contributed by atoms with Crippen LogP contribution in [0.15, 0.2) is 41.0 Å². The van der Waals surface area contributed by atoms with Crippen LogP contribution in [0.4, 0.5) is 0 Å². The van der Waals surface area contributed by atoms with E-state index in [0.717, 1.165) is 23.3 Å². The van der Waals surface area contributed by atoms with E-state index in [1.54, 1.807) is 0 Å². The predicted molar refractivity (Wildman–Crippen MR) is 79.8 cm³/mol. The van der Waals surface area contributed by atoms with Crippen molar-refractivity contribution < 1.29 is 0 Å². The van der Waals surface area contributed by atoms with Gasteiger partial charge in [-0.2, -0.15) is 0 Å². The van der Waals surface area contributed by atoms with Gasteiger partial charge in [-0.25, -0.2) is 0 Å². The van der Waals surface area contributed by atoms with Crippen molar-refractivity contribution in [3.63, 3.8) is 0 Å². The van der Waals surface area contributed by atoms with E-state index < -0.39 is 0 Å². The van der Waals surface area contributed by atoms with Crippen molar-refractivity contribution in [2.75, 3.05) is 0 Å². The first-order valence-electron chi connectivity index (χ1n) is 7.12. The summed E-state index contributed by atoms with van der Waals surface area (Å²) in [5.41, 5.74) is 9.63. The molecule has 3 nitrogen and oxygen atoms in total. The third kappa shape index (κ3) is 2.37. The molecule has 0 aromatic heterocycles. The molecular formula is C16H21N3. The lowest BCUT2D eigenvalue weighted by Gasteiger charge is -2.29. The Balaban J connectivity index is 2.01. The van der Waals surface area contributed by atoms with Gasteiger partial charge in [0.05, 0.1) is 6.04 Å². The van der Waals surface area contributed by atoms with Gasteiger partial charge in [0.2, 0.25) is 0 Å². The molecule has 1 heterocycles. The van der Waals surface area contributed by atoms with Gasteiger partial charge in [0.25, 0.3) is 0 Å². The first kappa shape index (κ1) is 12.3. The average Bonchev–Trinajstić information content (AvgIpc) is 2.54. The van der Waals surface area contributed by atoms with E-state index in [9.17, 15) is 0 Å². The quantitative estimate of drug-likeness (QED) is 0.810. The number of hydrogen-bond acceptors (Lipinski definition) is 3. The van der Waals surface area contributed by atoms with Gasteiger partial charge >= 0.3 is 0 Å². The number of fused-ring (bicyclic) bond motifs is 1. The second-order valence-corrected chi connectivity index (χ2v) is 5.48. The first-order valence-corrected chi connectivity index (χ1v) is 7.12. The molecule has 1 aliphatic carbocycles. The minimum atomic E-state index is 0.338. The standard InChI is InChI=1S/C16H21N3/c1-11-15(12-7-3-2-4-8-12)16(17)19-14-10-6-5-9-13(14)18-11/h2-4,7-8,13-14,18H,5-6,9-10H2,1H3,(H2,17,19). The molecule has 100 valence electrons. The molecule has 0 radical (unpaired) electrons. The maximum atomic E-state index is 6.26. The van der Waals surface area contributed by atoms with Crippen molar-refractivity contribution in [1.82, 2.24) is 5.32 Å². The Morgan fingerprint density at radius 2 is 1.89 bits per heavy atom. The van der Waals surface area contributed by atoms with Crippen LogP contribution in [0.3, 0.4) is 0 Å². The summed E-state index contributed by atoms with van der Waals surface area (Å²) in [5, 5.41) is 3.64. The second kappa shape index (κ2) is 5.08. The number of hydrogen-bond donors (Lipinski definition) is 2. The molecule has 3 N–H and O–H groups in total. The number of aliphatic imine (C=N–C) groups is 1. The smallest absolute Gasteiger partial charge is 0.128 e. The van der Waals surface area contributed by atoms with Crippen molar-refractivity contribution in [3.05, 3.63) is 41.6 Å². The SMILES string of the molecule is CC1=C(c2ccccc2)C(N)=NC2CCCCC2N1. The van der Waals surface area contributed by atoms with E-state index in [0.29, 0.717) is 17.9 Å². The summed E-state index contributed by atoms with van der Waals surface area (Å²) in [6.07, 6.45) is 4.89. The monoisotopic (exact) mass is 255 g/mol. The van der Waals surface area contributed by atoms with Gasteiger partial charge in [-0.1, -0.05) is 43.2 Å². The minimum absolute atomic E-state index is 0.338. The molecule has 0 spiro atoms. The molecule has 3 heteroatoms. The molecule has 2 unspecified atom stereocenters. The van der Waals surface area contributed by atoms with Crippen LogP contribution in [0.1, 0.15) is 38.2 Å². The number of nitrogens with two attached hydrogens (primary N) is 1. The number of nitrogens with zero attached hydrogens (tertiary/aromatic N) is 1. The maximum Gasteiger partial charge on any atom is 0.128 e. The molecule has 1 aliphatic heterocycles. The third-order valence-electron chi connectivity index (χ3n) is 4.13. The van der Waals surface area contributed by atoms with Gasteiger partial charge in [0.1, 0.15) is 5.84 Å². The fourth-order valence-corrected chi connectivity index (χ4v) is 3.19. The normalized spacial score (nSPS) is 27.1. The molecule has 0 saturated heterocycles. The molecule has 1 saturated carbocycles. The zero-order valence-corrected chi connectivity index (χ0v) is 11.4. The van der Waals surface area contributed by atoms with Crippen molar-refractivity contribution >= 4 is 11.4 Å². The first-order chi connectivity index (χ1) is 9.25. The number of benzene rings is 1. The number of rotatable bonds is 1. The fraction of sp³-hybridized carbons (Fsp3) is 0.438. The van der Waals surface area contributed by atoms with Crippen LogP contribution >= 0.6 is 0 Å². The lowest BCUT2D eigenvalue weighted by molar-refractivity contribution is 0.351. The molecule has 3 rings (SSSR count). The molecule has 0 bridgehead atoms. The van der Waals surface area contributed by atoms with Gasteiger partial charge in [0.15, 0.2) is 0 Å². The molecule has 0 amide bonds. The second-order valence-electron chi connectivity index (χ2n) is 5.48. The van der Waals surface area contributed by atoms with Crippen LogP contribution in [0.5, 0.6) is 0 Å². The summed E-state index contributed by atoms with van der Waals surface area (Å²) in [5.74, 6) is 0.686. The molecular weight excluding hydrogens is 234 g/mol. The number of amidine groups is 1. The van der Waals surface area contributed by atoms with Gasteiger partial charge in [-0.05, 0) is 25.3 Å². The summed E-state index contributed by atoms with van der Waals surface area (Å²) in [7, 11) is 0. The summed E-state index contributed by atoms with van der Waals surface area (Å²) in [6.45, 7) is 2.11. The highest BCUT2D eigenvalue weighted by Gasteiger charge is 2.28. The Hall–Kier alpha value is -1.77. The molecule has 2 atom stereocenters. The van der Waals surface area contributed by atoms with E-state index >= 15 is 0 Å². The Bertz CT molecular complexity index is 516. The van der Waals surface area contributed by atoms with Crippen LogP contribution in [0.2, 0.25) is 0 Å². The van der Waals surface area contributed by atoms with Crippen LogP contribution < -0.4 is 11.1 Å². The third-order valence-corrected chi connectivity index (χ3v) is 4.13. The van der Waals surface area contributed by atoms with Gasteiger partial charge in [-0.3, -0.25) is 4.99 Å². The van der Waals surface area contributed by atoms with Gasteiger partial charge in [-0.15, -0.1) is 0 Å². The van der Waals surface area contributed by atoms with Crippen LogP contribution in [-0.2, 0) is 0 Å². The minimum Gasteiger partial charge on any atom is -0.383 e. The summed E-state index contributed by atoms with van der Waals surface area (Å²) in [6, 6.07) is 11.1. The highest BCUT2D eigenvalue weighted by atomic mass is 15.0. The van der Waals surface area contributed by atoms with E-state index in [4.69, 9.17) is 10.7 Å². The van der Waals surface area contributed by atoms with Gasteiger partial charge in [0, 0.05) is 17.3 Å². The predicted octanol–water partition coefficient (Wildman–Crippen LogP) is 2.69. The van der Waals surface area contributed by atoms with Crippen LogP contribution in [-0.4, -0.2) is 17.9 Å². The Kier molecular flexibility index (Phi) is 3.28. The molecule has 1 aromatic carbocycles. The lowest BCUT2D eigenvalue weighted by Crippen LogP contribution is -2.39. The van der Waals surface area contributed by atoms with E-state index in [-0.39, 0.29) is 0 Å². The topological polar surface area (TPSA) is 50.4 Å². The fourth-order valence-electron chi connectivity index (χ4n) is 3.19. The molecule has 2 aliphatic rings. The Morgan fingerprint density at radius 1 is 1.16 bits per heavy atom. The van der Waals surface area contributed by atoms with Crippen LogP contribution in [0, 0.1) is 0 Å². The summed E-state index contributed by atoms with van der Waals surface area (Å²) in [4.78, 5) is 4.78. The van der Waals surface area contributed by atoms with Crippen molar-refractivity contribution in [1.29, 1.82) is 0 Å². The van der Waals surface area contributed by atoms with E-state index in [1.807, 2.05) is 18.2 Å². The maximum absolute atomic E-state index is 6.26. The van der Waals surface area contributed by atoms with Crippen molar-refractivity contribution in [2.24, 2.45) is 10.7 Å². The molecule has 1 fully saturated rings. The Labute approximate surface area is 114 Å². The largest absolute Gasteiger partial charge is 0.383 e. The molecule has 19 heavy (non-hydrogen) atoms. The zero-order valence-electron chi connectivity index (χ0n) is 11.4. The van der Waals surface area contributed by atoms with Crippen molar-refractivity contribution in [3.8, 4) is 0 Å². The lowest BCUT2D eigenvalue weighted by atomic mass is 9.91. The highest BCUT2D eigenvalue weighted by molar-refractivity contribution is 6.22. The van der Waals surface area contributed by atoms with Crippen molar-refractivity contribution in [2.45, 2.75) is 44.7 Å². The Morgan fingerprint density at radius 3 is 2.68 bits per heavy atom. The summed E-state index contributed by atoms with van der Waals surface area (Å²) >= 11 is 0. The zero-order chi connectivity index (χ0) is 13.2. The average molecular weight is 255 g/mol. The molecule has 1 aromatic rings. The highest BCUT2D eigenvalue weighted by Crippen LogP contribution is 2.28. The number of nitrogens with one attached hydrogen (secondary N) is 1. The van der Waals surface area contributed by atoms with Gasteiger partial charge < -0.3 is 11.1 Å². The summed E-state index contributed by atoms with van der Waals surface area (Å²) < 4.78 is 0. The van der Waals surface area contributed by atoms with E-state index in [1.165, 1.54) is 19.3 Å². The van der Waals surface area contributed by atoms with E-state index in [2.05, 4.69) is 24.4 Å². The number of allylic oxidation sites excluding steroid dienone is 1.